The normalized spacial score (nSPS) is 11.1. The van der Waals surface area contributed by atoms with E-state index in [4.69, 9.17) is 9.94 Å². The van der Waals surface area contributed by atoms with Gasteiger partial charge in [-0.2, -0.15) is 10.2 Å². The van der Waals surface area contributed by atoms with Crippen molar-refractivity contribution in [2.24, 2.45) is 5.16 Å². The predicted octanol–water partition coefficient (Wildman–Crippen LogP) is 0.608. The van der Waals surface area contributed by atoms with Crippen LogP contribution in [0.25, 0.3) is 0 Å². The summed E-state index contributed by atoms with van der Waals surface area (Å²) in [6, 6.07) is 1.60. The van der Waals surface area contributed by atoms with Gasteiger partial charge in [-0.05, 0) is 13.0 Å². The summed E-state index contributed by atoms with van der Waals surface area (Å²) in [6.45, 7) is 2.01. The molecular weight excluding hydrogens is 198 g/mol. The van der Waals surface area contributed by atoms with Crippen LogP contribution in [0.4, 0.5) is 0 Å². The third kappa shape index (κ3) is 3.34. The summed E-state index contributed by atoms with van der Waals surface area (Å²) in [6.07, 6.45) is 2.77. The first-order valence-corrected chi connectivity index (χ1v) is 4.41. The highest BCUT2D eigenvalue weighted by molar-refractivity contribution is 6.08. The van der Waals surface area contributed by atoms with Gasteiger partial charge in [-0.1, -0.05) is 5.16 Å². The summed E-state index contributed by atoms with van der Waals surface area (Å²) in [5.74, 6) is -0.442. The molecule has 80 valence electrons. The highest BCUT2D eigenvalue weighted by Gasteiger charge is 2.11. The number of rotatable bonds is 4. The van der Waals surface area contributed by atoms with E-state index in [0.717, 1.165) is 0 Å². The van der Waals surface area contributed by atoms with Gasteiger partial charge in [-0.25, -0.2) is 0 Å². The Balaban J connectivity index is 2.70. The van der Waals surface area contributed by atoms with E-state index in [9.17, 15) is 4.79 Å². The van der Waals surface area contributed by atoms with Crippen molar-refractivity contribution in [3.05, 3.63) is 24.0 Å². The molecule has 6 heteroatoms. The van der Waals surface area contributed by atoms with Crippen molar-refractivity contribution in [2.45, 2.75) is 13.3 Å². The molecule has 0 bridgehead atoms. The topological polar surface area (TPSA) is 84.7 Å². The molecule has 0 aliphatic heterocycles. The highest BCUT2D eigenvalue weighted by Crippen LogP contribution is 2.02. The molecule has 0 spiro atoms. The van der Waals surface area contributed by atoms with Gasteiger partial charge >= 0.3 is 5.97 Å². The van der Waals surface area contributed by atoms with E-state index in [-0.39, 0.29) is 12.1 Å². The van der Waals surface area contributed by atoms with Crippen molar-refractivity contribution < 1.29 is 14.7 Å². The van der Waals surface area contributed by atoms with Crippen molar-refractivity contribution >= 4 is 11.7 Å². The molecule has 1 rings (SSSR count). The Kier molecular flexibility index (Phi) is 4.21. The minimum absolute atomic E-state index is 0.0873. The van der Waals surface area contributed by atoms with E-state index in [0.29, 0.717) is 12.2 Å². The fraction of sp³-hybridized carbons (Fsp3) is 0.333. The first-order chi connectivity index (χ1) is 7.27. The summed E-state index contributed by atoms with van der Waals surface area (Å²) in [5, 5.41) is 18.9. The fourth-order valence-corrected chi connectivity index (χ4v) is 1.01. The molecule has 1 heterocycles. The van der Waals surface area contributed by atoms with Crippen LogP contribution in [0.2, 0.25) is 0 Å². The Morgan fingerprint density at radius 2 is 2.40 bits per heavy atom. The second kappa shape index (κ2) is 5.69. The number of nitrogens with zero attached hydrogens (tertiary/aromatic N) is 3. The molecule has 6 nitrogen and oxygen atoms in total. The van der Waals surface area contributed by atoms with Crippen LogP contribution in [0.15, 0.2) is 23.6 Å². The second-order valence-electron chi connectivity index (χ2n) is 2.66. The molecule has 0 saturated carbocycles. The van der Waals surface area contributed by atoms with Gasteiger partial charge in [0.2, 0.25) is 0 Å². The van der Waals surface area contributed by atoms with Gasteiger partial charge in [0.15, 0.2) is 0 Å². The SMILES string of the molecule is CCOC(=O)CC(=NO)c1ccnnc1. The van der Waals surface area contributed by atoms with Crippen molar-refractivity contribution in [1.82, 2.24) is 10.2 Å². The molecule has 0 radical (unpaired) electrons. The van der Waals surface area contributed by atoms with Crippen LogP contribution in [0.1, 0.15) is 18.9 Å². The molecule has 0 atom stereocenters. The van der Waals surface area contributed by atoms with E-state index >= 15 is 0 Å². The van der Waals surface area contributed by atoms with Gasteiger partial charge < -0.3 is 9.94 Å². The minimum Gasteiger partial charge on any atom is -0.466 e. The Morgan fingerprint density at radius 3 is 2.93 bits per heavy atom. The first kappa shape index (κ1) is 11.1. The number of oxime groups is 1. The first-order valence-electron chi connectivity index (χ1n) is 4.41. The van der Waals surface area contributed by atoms with Gasteiger partial charge in [0.05, 0.1) is 31.1 Å². The maximum absolute atomic E-state index is 11.1. The average Bonchev–Trinajstić information content (AvgIpc) is 2.27. The molecule has 0 aromatic carbocycles. The van der Waals surface area contributed by atoms with Crippen LogP contribution in [0.3, 0.4) is 0 Å². The molecule has 0 fully saturated rings. The zero-order chi connectivity index (χ0) is 11.1. The molecule has 0 unspecified atom stereocenters. The Labute approximate surface area is 86.6 Å². The molecule has 15 heavy (non-hydrogen) atoms. The van der Waals surface area contributed by atoms with Crippen LogP contribution < -0.4 is 0 Å². The van der Waals surface area contributed by atoms with Gasteiger partial charge in [0.1, 0.15) is 0 Å². The van der Waals surface area contributed by atoms with Crippen LogP contribution in [-0.2, 0) is 9.53 Å². The smallest absolute Gasteiger partial charge is 0.312 e. The van der Waals surface area contributed by atoms with E-state index in [1.165, 1.54) is 12.4 Å². The lowest BCUT2D eigenvalue weighted by Gasteiger charge is -2.03. The predicted molar refractivity (Wildman–Crippen MR) is 51.6 cm³/mol. The summed E-state index contributed by atoms with van der Waals surface area (Å²) in [4.78, 5) is 11.1. The third-order valence-corrected chi connectivity index (χ3v) is 1.66. The van der Waals surface area contributed by atoms with Crippen LogP contribution >= 0.6 is 0 Å². The molecule has 1 N–H and O–H groups in total. The fourth-order valence-electron chi connectivity index (χ4n) is 1.01. The number of ether oxygens (including phenoxy) is 1. The van der Waals surface area contributed by atoms with Crippen LogP contribution in [-0.4, -0.2) is 33.7 Å². The number of hydrogen-bond donors (Lipinski definition) is 1. The standard InChI is InChI=1S/C9H11N3O3/c1-2-15-9(13)5-8(12-14)7-3-4-10-11-6-7/h3-4,6,14H,2,5H2,1H3. The molecular formula is C9H11N3O3. The van der Waals surface area contributed by atoms with E-state index in [1.807, 2.05) is 0 Å². The van der Waals surface area contributed by atoms with Gasteiger partial charge in [0.25, 0.3) is 0 Å². The summed E-state index contributed by atoms with van der Waals surface area (Å²) in [7, 11) is 0. The zero-order valence-electron chi connectivity index (χ0n) is 8.25. The number of esters is 1. The molecule has 0 aliphatic rings. The molecule has 0 saturated heterocycles. The van der Waals surface area contributed by atoms with Crippen LogP contribution in [0.5, 0.6) is 0 Å². The lowest BCUT2D eigenvalue weighted by atomic mass is 10.1. The summed E-state index contributed by atoms with van der Waals surface area (Å²) in [5.41, 5.74) is 0.754. The monoisotopic (exact) mass is 209 g/mol. The third-order valence-electron chi connectivity index (χ3n) is 1.66. The lowest BCUT2D eigenvalue weighted by molar-refractivity contribution is -0.141. The Bertz CT molecular complexity index is 351. The zero-order valence-corrected chi connectivity index (χ0v) is 8.25. The van der Waals surface area contributed by atoms with Crippen molar-refractivity contribution in [2.75, 3.05) is 6.61 Å². The van der Waals surface area contributed by atoms with Crippen molar-refractivity contribution in [1.29, 1.82) is 0 Å². The quantitative estimate of drug-likeness (QED) is 0.340. The number of carbonyl (C=O) groups excluding carboxylic acids is 1. The van der Waals surface area contributed by atoms with E-state index in [1.54, 1.807) is 13.0 Å². The minimum atomic E-state index is -0.442. The van der Waals surface area contributed by atoms with Crippen molar-refractivity contribution in [3.8, 4) is 0 Å². The largest absolute Gasteiger partial charge is 0.466 e. The van der Waals surface area contributed by atoms with Gasteiger partial charge in [0, 0.05) is 5.56 Å². The molecule has 1 aromatic heterocycles. The number of hydrogen-bond acceptors (Lipinski definition) is 6. The average molecular weight is 209 g/mol. The van der Waals surface area contributed by atoms with E-state index < -0.39 is 5.97 Å². The maximum atomic E-state index is 11.1. The Morgan fingerprint density at radius 1 is 1.60 bits per heavy atom. The van der Waals surface area contributed by atoms with Gasteiger partial charge in [-0.15, -0.1) is 0 Å². The maximum Gasteiger partial charge on any atom is 0.312 e. The van der Waals surface area contributed by atoms with E-state index in [2.05, 4.69) is 15.4 Å². The van der Waals surface area contributed by atoms with Gasteiger partial charge in [-0.3, -0.25) is 4.79 Å². The lowest BCUT2D eigenvalue weighted by Crippen LogP contribution is -2.12. The summed E-state index contributed by atoms with van der Waals surface area (Å²) >= 11 is 0. The summed E-state index contributed by atoms with van der Waals surface area (Å²) < 4.78 is 4.73. The number of aromatic nitrogens is 2. The Hall–Kier alpha value is -1.98. The van der Waals surface area contributed by atoms with Crippen molar-refractivity contribution in [3.63, 3.8) is 0 Å². The molecule has 0 amide bonds. The highest BCUT2D eigenvalue weighted by atomic mass is 16.5. The number of carbonyl (C=O) groups is 1. The van der Waals surface area contributed by atoms with Crippen LogP contribution in [0, 0.1) is 0 Å². The molecule has 1 aromatic rings. The molecule has 0 aliphatic carbocycles. The second-order valence-corrected chi connectivity index (χ2v) is 2.66.